The molecule has 0 aliphatic carbocycles. The summed E-state index contributed by atoms with van der Waals surface area (Å²) in [6.45, 7) is 2.27. The van der Waals surface area contributed by atoms with Crippen molar-refractivity contribution in [1.82, 2.24) is 0 Å². The molecule has 0 saturated heterocycles. The van der Waals surface area contributed by atoms with E-state index in [2.05, 4.69) is 6.92 Å². The molecule has 0 aromatic carbocycles. The Morgan fingerprint density at radius 3 is 2.25 bits per heavy atom. The molecular weight excluding hydrogens is 262 g/mol. The topological polar surface area (TPSA) is 89.8 Å². The summed E-state index contributed by atoms with van der Waals surface area (Å²) in [5, 5.41) is 29.1. The molecule has 0 radical (unpaired) electrons. The van der Waals surface area contributed by atoms with Gasteiger partial charge in [-0.2, -0.15) is 0 Å². The predicted molar refractivity (Wildman–Crippen MR) is 73.1 cm³/mol. The van der Waals surface area contributed by atoms with Crippen molar-refractivity contribution in [2.45, 2.75) is 51.9 Å². The van der Waals surface area contributed by atoms with Crippen LogP contribution in [-0.4, -0.2) is 54.0 Å². The van der Waals surface area contributed by atoms with Crippen molar-refractivity contribution >= 4 is 5.97 Å². The van der Waals surface area contributed by atoms with Crippen LogP contribution in [0.2, 0.25) is 0 Å². The van der Waals surface area contributed by atoms with Gasteiger partial charge in [0, 0.05) is 12.4 Å². The maximum atomic E-state index is 10.5. The van der Waals surface area contributed by atoms with E-state index in [-0.39, 0.29) is 37.6 Å². The van der Waals surface area contributed by atoms with E-state index in [0.717, 1.165) is 12.8 Å². The fourth-order valence-corrected chi connectivity index (χ4v) is 1.90. The average molecular weight is 291 g/mol. The van der Waals surface area contributed by atoms with E-state index >= 15 is 0 Å². The number of carboxylic acid groups (broad SMARTS) is 1. The molecule has 0 fully saturated rings. The minimum absolute atomic E-state index is 0.103. The SMILES string of the molecule is CCCCCCCCOC[N+](CO)(CO)CCC(=O)[O-]. The van der Waals surface area contributed by atoms with Crippen LogP contribution in [0.1, 0.15) is 51.9 Å². The van der Waals surface area contributed by atoms with E-state index in [1.165, 1.54) is 25.7 Å². The van der Waals surface area contributed by atoms with E-state index in [1.807, 2.05) is 0 Å². The molecule has 2 N–H and O–H groups in total. The number of unbranched alkanes of at least 4 members (excludes halogenated alkanes) is 5. The van der Waals surface area contributed by atoms with Gasteiger partial charge in [0.15, 0.2) is 20.2 Å². The first kappa shape index (κ1) is 19.3. The van der Waals surface area contributed by atoms with Crippen LogP contribution in [-0.2, 0) is 9.53 Å². The van der Waals surface area contributed by atoms with Gasteiger partial charge in [-0.25, -0.2) is 0 Å². The van der Waals surface area contributed by atoms with E-state index in [9.17, 15) is 20.1 Å². The average Bonchev–Trinajstić information content (AvgIpc) is 2.45. The lowest BCUT2D eigenvalue weighted by Gasteiger charge is -2.33. The Labute approximate surface area is 121 Å². The minimum atomic E-state index is -1.19. The molecule has 0 amide bonds. The summed E-state index contributed by atoms with van der Waals surface area (Å²) >= 11 is 0. The molecule has 6 heteroatoms. The summed E-state index contributed by atoms with van der Waals surface area (Å²) < 4.78 is 5.28. The third-order valence-corrected chi connectivity index (χ3v) is 3.40. The van der Waals surface area contributed by atoms with Crippen molar-refractivity contribution in [3.05, 3.63) is 0 Å². The molecule has 120 valence electrons. The van der Waals surface area contributed by atoms with E-state index in [0.29, 0.717) is 6.61 Å². The number of carboxylic acids is 1. The van der Waals surface area contributed by atoms with E-state index in [1.54, 1.807) is 0 Å². The zero-order valence-electron chi connectivity index (χ0n) is 12.6. The number of carbonyl (C=O) groups is 1. The Morgan fingerprint density at radius 2 is 1.70 bits per heavy atom. The Hall–Kier alpha value is -0.690. The molecule has 0 rings (SSSR count). The highest BCUT2D eigenvalue weighted by atomic mass is 16.5. The number of aliphatic hydroxyl groups excluding tert-OH is 2. The Morgan fingerprint density at radius 1 is 1.10 bits per heavy atom. The smallest absolute Gasteiger partial charge is 0.186 e. The Bertz CT molecular complexity index is 244. The molecule has 0 aromatic heterocycles. The standard InChI is InChI=1S/C14H29NO5/c1-2-3-4-5-6-7-10-20-13-15(11-16,12-17)9-8-14(18)19/h16-17H,2-13H2,1H3. The molecule has 0 saturated carbocycles. The summed E-state index contributed by atoms with van der Waals surface area (Å²) in [6, 6.07) is 0. The number of ether oxygens (including phenoxy) is 1. The van der Waals surface area contributed by atoms with Gasteiger partial charge in [-0.15, -0.1) is 0 Å². The highest BCUT2D eigenvalue weighted by molar-refractivity contribution is 5.64. The monoisotopic (exact) mass is 291 g/mol. The van der Waals surface area contributed by atoms with Gasteiger partial charge in [-0.3, -0.25) is 4.48 Å². The third kappa shape index (κ3) is 9.25. The van der Waals surface area contributed by atoms with Crippen LogP contribution in [0.5, 0.6) is 0 Å². The van der Waals surface area contributed by atoms with Crippen LogP contribution in [0.25, 0.3) is 0 Å². The van der Waals surface area contributed by atoms with Gasteiger partial charge < -0.3 is 24.9 Å². The van der Waals surface area contributed by atoms with Gasteiger partial charge in [0.2, 0.25) is 0 Å². The van der Waals surface area contributed by atoms with Crippen molar-refractivity contribution in [3.8, 4) is 0 Å². The van der Waals surface area contributed by atoms with Crippen molar-refractivity contribution in [1.29, 1.82) is 0 Å². The highest BCUT2D eigenvalue weighted by Gasteiger charge is 2.25. The second-order valence-electron chi connectivity index (χ2n) is 5.28. The van der Waals surface area contributed by atoms with Crippen LogP contribution in [0.3, 0.4) is 0 Å². The second-order valence-corrected chi connectivity index (χ2v) is 5.28. The molecule has 6 nitrogen and oxygen atoms in total. The maximum Gasteiger partial charge on any atom is 0.186 e. The first-order valence-corrected chi connectivity index (χ1v) is 7.44. The fraction of sp³-hybridized carbons (Fsp3) is 0.929. The zero-order chi connectivity index (χ0) is 15.3. The Balaban J connectivity index is 3.77. The molecular formula is C14H29NO5. The zero-order valence-corrected chi connectivity index (χ0v) is 12.6. The molecule has 0 spiro atoms. The quantitative estimate of drug-likeness (QED) is 0.271. The summed E-state index contributed by atoms with van der Waals surface area (Å²) in [6.07, 6.45) is 6.78. The molecule has 0 bridgehead atoms. The minimum Gasteiger partial charge on any atom is -0.550 e. The summed E-state index contributed by atoms with van der Waals surface area (Å²) in [5.74, 6) is -1.19. The van der Waals surface area contributed by atoms with Crippen LogP contribution >= 0.6 is 0 Å². The first-order chi connectivity index (χ1) is 9.60. The van der Waals surface area contributed by atoms with E-state index in [4.69, 9.17) is 4.74 Å². The van der Waals surface area contributed by atoms with Gasteiger partial charge in [-0.1, -0.05) is 39.0 Å². The molecule has 0 aliphatic heterocycles. The molecule has 0 heterocycles. The number of quaternary nitrogens is 1. The van der Waals surface area contributed by atoms with Gasteiger partial charge in [0.25, 0.3) is 0 Å². The number of hydrogen-bond donors (Lipinski definition) is 2. The number of carbonyl (C=O) groups excluding carboxylic acids is 1. The van der Waals surface area contributed by atoms with Crippen LogP contribution < -0.4 is 5.11 Å². The van der Waals surface area contributed by atoms with Crippen molar-refractivity contribution in [2.75, 3.05) is 33.3 Å². The largest absolute Gasteiger partial charge is 0.550 e. The maximum absolute atomic E-state index is 10.5. The van der Waals surface area contributed by atoms with Gasteiger partial charge in [0.1, 0.15) is 0 Å². The van der Waals surface area contributed by atoms with Crippen molar-refractivity contribution in [3.63, 3.8) is 0 Å². The second kappa shape index (κ2) is 12.1. The van der Waals surface area contributed by atoms with Crippen LogP contribution in [0.4, 0.5) is 0 Å². The molecule has 0 atom stereocenters. The first-order valence-electron chi connectivity index (χ1n) is 7.44. The summed E-state index contributed by atoms with van der Waals surface area (Å²) in [7, 11) is 0. The third-order valence-electron chi connectivity index (χ3n) is 3.40. The number of rotatable bonds is 14. The highest BCUT2D eigenvalue weighted by Crippen LogP contribution is 2.08. The van der Waals surface area contributed by atoms with Crippen LogP contribution in [0, 0.1) is 0 Å². The number of hydrogen-bond acceptors (Lipinski definition) is 5. The predicted octanol–water partition coefficient (Wildman–Crippen LogP) is 0.177. The normalized spacial score (nSPS) is 11.8. The van der Waals surface area contributed by atoms with Crippen molar-refractivity contribution in [2.24, 2.45) is 0 Å². The van der Waals surface area contributed by atoms with Gasteiger partial charge in [0.05, 0.1) is 13.2 Å². The van der Waals surface area contributed by atoms with Crippen LogP contribution in [0.15, 0.2) is 0 Å². The van der Waals surface area contributed by atoms with Gasteiger partial charge in [-0.05, 0) is 6.42 Å². The number of aliphatic carboxylic acids is 1. The number of nitrogens with zero attached hydrogens (tertiary/aromatic N) is 1. The lowest BCUT2D eigenvalue weighted by molar-refractivity contribution is -0.976. The lowest BCUT2D eigenvalue weighted by atomic mass is 10.1. The van der Waals surface area contributed by atoms with Crippen molar-refractivity contribution < 1.29 is 29.3 Å². The molecule has 0 aromatic rings. The molecule has 0 aliphatic rings. The van der Waals surface area contributed by atoms with Gasteiger partial charge >= 0.3 is 0 Å². The van der Waals surface area contributed by atoms with E-state index < -0.39 is 5.97 Å². The summed E-state index contributed by atoms with van der Waals surface area (Å²) in [4.78, 5) is 10.5. The lowest BCUT2D eigenvalue weighted by Crippen LogP contribution is -2.52. The number of aliphatic hydroxyl groups is 2. The summed E-state index contributed by atoms with van der Waals surface area (Å²) in [5.41, 5.74) is 0. The fourth-order valence-electron chi connectivity index (χ4n) is 1.90. The Kier molecular flexibility index (Phi) is 11.7. The molecule has 0 unspecified atom stereocenters. The molecule has 20 heavy (non-hydrogen) atoms.